The van der Waals surface area contributed by atoms with Gasteiger partial charge in [0.2, 0.25) is 11.6 Å². The van der Waals surface area contributed by atoms with E-state index in [1.165, 1.54) is 6.07 Å². The molecule has 2 N–H and O–H groups in total. The molecule has 6 heteroatoms. The molecule has 2 aromatic rings. The third kappa shape index (κ3) is 4.32. The second-order valence-electron chi connectivity index (χ2n) is 4.81. The Morgan fingerprint density at radius 1 is 1.38 bits per heavy atom. The van der Waals surface area contributed by atoms with Crippen molar-refractivity contribution in [1.82, 2.24) is 10.3 Å². The summed E-state index contributed by atoms with van der Waals surface area (Å²) in [5.74, 6) is 0.0476. The van der Waals surface area contributed by atoms with Gasteiger partial charge in [0.15, 0.2) is 0 Å². The van der Waals surface area contributed by atoms with Gasteiger partial charge in [-0.2, -0.15) is 0 Å². The van der Waals surface area contributed by atoms with E-state index >= 15 is 0 Å². The van der Waals surface area contributed by atoms with E-state index in [9.17, 15) is 4.79 Å². The maximum atomic E-state index is 10.7. The van der Waals surface area contributed by atoms with Crippen LogP contribution in [0.3, 0.4) is 0 Å². The highest BCUT2D eigenvalue weighted by Gasteiger charge is 2.09. The molecule has 0 saturated heterocycles. The molecule has 0 unspecified atom stereocenters. The van der Waals surface area contributed by atoms with Gasteiger partial charge in [0.25, 0.3) is 0 Å². The van der Waals surface area contributed by atoms with Crippen molar-refractivity contribution >= 4 is 5.97 Å². The molecule has 0 atom stereocenters. The number of pyridine rings is 1. The number of carbonyl (C=O) groups is 1. The van der Waals surface area contributed by atoms with Gasteiger partial charge in [0.05, 0.1) is 12.6 Å². The van der Waals surface area contributed by atoms with Crippen LogP contribution in [0.1, 0.15) is 35.7 Å². The van der Waals surface area contributed by atoms with E-state index in [1.807, 2.05) is 26.0 Å². The highest BCUT2D eigenvalue weighted by Crippen LogP contribution is 2.16. The summed E-state index contributed by atoms with van der Waals surface area (Å²) in [7, 11) is 0. The molecule has 0 spiro atoms. The molecule has 2 heterocycles. The lowest BCUT2D eigenvalue weighted by molar-refractivity contribution is 0.0660. The van der Waals surface area contributed by atoms with E-state index in [0.717, 1.165) is 5.56 Å². The first kappa shape index (κ1) is 15.1. The van der Waals surface area contributed by atoms with Crippen LogP contribution in [0.25, 0.3) is 0 Å². The Kier molecular flexibility index (Phi) is 4.94. The lowest BCUT2D eigenvalue weighted by atomic mass is 10.2. The van der Waals surface area contributed by atoms with Crippen LogP contribution in [0.4, 0.5) is 0 Å². The van der Waals surface area contributed by atoms with Gasteiger partial charge in [-0.25, -0.2) is 9.78 Å². The number of aromatic nitrogens is 1. The molecule has 0 aromatic carbocycles. The number of nitrogens with zero attached hydrogens (tertiary/aromatic N) is 1. The number of aromatic carboxylic acids is 1. The number of furan rings is 1. The van der Waals surface area contributed by atoms with E-state index in [2.05, 4.69) is 10.3 Å². The van der Waals surface area contributed by atoms with E-state index < -0.39 is 5.97 Å². The van der Waals surface area contributed by atoms with Crippen molar-refractivity contribution in [1.29, 1.82) is 0 Å². The topological polar surface area (TPSA) is 84.6 Å². The Labute approximate surface area is 122 Å². The number of hydrogen-bond acceptors (Lipinski definition) is 5. The first-order valence-corrected chi connectivity index (χ1v) is 6.69. The van der Waals surface area contributed by atoms with E-state index in [-0.39, 0.29) is 11.9 Å². The first-order chi connectivity index (χ1) is 10.1. The van der Waals surface area contributed by atoms with Crippen molar-refractivity contribution in [2.75, 3.05) is 0 Å². The minimum atomic E-state index is -1.07. The average Bonchev–Trinajstić information content (AvgIpc) is 2.89. The van der Waals surface area contributed by atoms with Gasteiger partial charge in [-0.05, 0) is 32.0 Å². The quantitative estimate of drug-likeness (QED) is 0.814. The molecular formula is C15H18N2O4. The maximum absolute atomic E-state index is 10.7. The molecule has 2 aromatic heterocycles. The summed E-state index contributed by atoms with van der Waals surface area (Å²) < 4.78 is 10.8. The van der Waals surface area contributed by atoms with Gasteiger partial charge in [0, 0.05) is 18.3 Å². The molecule has 0 fully saturated rings. The zero-order chi connectivity index (χ0) is 15.2. The summed E-state index contributed by atoms with van der Waals surface area (Å²) in [4.78, 5) is 14.9. The second-order valence-corrected chi connectivity index (χ2v) is 4.81. The maximum Gasteiger partial charge on any atom is 0.371 e. The van der Waals surface area contributed by atoms with Crippen molar-refractivity contribution in [2.24, 2.45) is 0 Å². The van der Waals surface area contributed by atoms with Crippen molar-refractivity contribution in [3.05, 3.63) is 47.5 Å². The Hall–Kier alpha value is -2.34. The largest absolute Gasteiger partial charge is 0.475 e. The molecule has 0 aliphatic carbocycles. The molecule has 6 nitrogen and oxygen atoms in total. The van der Waals surface area contributed by atoms with Crippen molar-refractivity contribution in [3.8, 4) is 5.88 Å². The van der Waals surface area contributed by atoms with Crippen molar-refractivity contribution in [2.45, 2.75) is 33.0 Å². The summed E-state index contributed by atoms with van der Waals surface area (Å²) in [5.41, 5.74) is 0.941. The highest BCUT2D eigenvalue weighted by atomic mass is 16.5. The molecule has 0 aliphatic rings. The van der Waals surface area contributed by atoms with Crippen LogP contribution in [0, 0.1) is 0 Å². The number of carboxylic acids is 1. The molecule has 0 radical (unpaired) electrons. The third-order valence-electron chi connectivity index (χ3n) is 2.68. The highest BCUT2D eigenvalue weighted by molar-refractivity contribution is 5.84. The zero-order valence-electron chi connectivity index (χ0n) is 12.0. The van der Waals surface area contributed by atoms with E-state index in [1.54, 1.807) is 12.3 Å². The number of rotatable bonds is 7. The molecule has 0 aliphatic heterocycles. The summed E-state index contributed by atoms with van der Waals surface area (Å²) in [6.07, 6.45) is 1.74. The number of nitrogens with one attached hydrogen (secondary N) is 1. The van der Waals surface area contributed by atoms with Gasteiger partial charge < -0.3 is 19.6 Å². The Morgan fingerprint density at radius 2 is 2.19 bits per heavy atom. The predicted molar refractivity (Wildman–Crippen MR) is 76.2 cm³/mol. The van der Waals surface area contributed by atoms with Crippen LogP contribution in [0.15, 0.2) is 34.9 Å². The molecule has 2 rings (SSSR count). The number of ether oxygens (including phenoxy) is 1. The molecule has 0 amide bonds. The van der Waals surface area contributed by atoms with Crippen LogP contribution in [0.2, 0.25) is 0 Å². The van der Waals surface area contributed by atoms with Crippen LogP contribution in [-0.4, -0.2) is 22.2 Å². The number of hydrogen-bond donors (Lipinski definition) is 2. The SMILES string of the molecule is CC(C)Oc1ncccc1CNCc1ccc(C(=O)O)o1. The fourth-order valence-corrected chi connectivity index (χ4v) is 1.80. The van der Waals surface area contributed by atoms with Crippen LogP contribution >= 0.6 is 0 Å². The van der Waals surface area contributed by atoms with Crippen LogP contribution in [0.5, 0.6) is 5.88 Å². The predicted octanol–water partition coefficient (Wildman–Crippen LogP) is 2.45. The monoisotopic (exact) mass is 290 g/mol. The lowest BCUT2D eigenvalue weighted by Crippen LogP contribution is -2.15. The molecule has 21 heavy (non-hydrogen) atoms. The van der Waals surface area contributed by atoms with E-state index in [0.29, 0.717) is 24.7 Å². The van der Waals surface area contributed by atoms with Gasteiger partial charge in [0.1, 0.15) is 5.76 Å². The fourth-order valence-electron chi connectivity index (χ4n) is 1.80. The minimum Gasteiger partial charge on any atom is -0.475 e. The third-order valence-corrected chi connectivity index (χ3v) is 2.68. The van der Waals surface area contributed by atoms with Gasteiger partial charge in [-0.3, -0.25) is 0 Å². The lowest BCUT2D eigenvalue weighted by Gasteiger charge is -2.12. The minimum absolute atomic E-state index is 0.0573. The second kappa shape index (κ2) is 6.90. The van der Waals surface area contributed by atoms with Gasteiger partial charge in [-0.1, -0.05) is 6.07 Å². The summed E-state index contributed by atoms with van der Waals surface area (Å²) in [5, 5.41) is 12.0. The summed E-state index contributed by atoms with van der Waals surface area (Å²) in [6.45, 7) is 4.88. The standard InChI is InChI=1S/C15H18N2O4/c1-10(2)20-14-11(4-3-7-17-14)8-16-9-12-5-6-13(21-12)15(18)19/h3-7,10,16H,8-9H2,1-2H3,(H,18,19). The molecule has 112 valence electrons. The van der Waals surface area contributed by atoms with Gasteiger partial charge in [-0.15, -0.1) is 0 Å². The van der Waals surface area contributed by atoms with Gasteiger partial charge >= 0.3 is 5.97 Å². The first-order valence-electron chi connectivity index (χ1n) is 6.69. The van der Waals surface area contributed by atoms with Crippen molar-refractivity contribution in [3.63, 3.8) is 0 Å². The molecule has 0 bridgehead atoms. The van der Waals surface area contributed by atoms with Crippen LogP contribution in [-0.2, 0) is 13.1 Å². The van der Waals surface area contributed by atoms with Crippen LogP contribution < -0.4 is 10.1 Å². The average molecular weight is 290 g/mol. The normalized spacial score (nSPS) is 10.8. The summed E-state index contributed by atoms with van der Waals surface area (Å²) >= 11 is 0. The molecule has 0 saturated carbocycles. The number of carboxylic acid groups (broad SMARTS) is 1. The fraction of sp³-hybridized carbons (Fsp3) is 0.333. The molecular weight excluding hydrogens is 272 g/mol. The Morgan fingerprint density at radius 3 is 2.86 bits per heavy atom. The Bertz CT molecular complexity index is 607. The van der Waals surface area contributed by atoms with Crippen molar-refractivity contribution < 1.29 is 19.1 Å². The zero-order valence-corrected chi connectivity index (χ0v) is 12.0. The van der Waals surface area contributed by atoms with E-state index in [4.69, 9.17) is 14.3 Å². The summed E-state index contributed by atoms with van der Waals surface area (Å²) in [6, 6.07) is 6.87. The Balaban J connectivity index is 1.92. The smallest absolute Gasteiger partial charge is 0.371 e.